The fourth-order valence-electron chi connectivity index (χ4n) is 2.62. The fourth-order valence-corrected chi connectivity index (χ4v) is 2.62. The Morgan fingerprint density at radius 2 is 2.35 bits per heavy atom. The Morgan fingerprint density at radius 3 is 3.10 bits per heavy atom. The highest BCUT2D eigenvalue weighted by molar-refractivity contribution is 5.73. The average Bonchev–Trinajstić information content (AvgIpc) is 2.96. The lowest BCUT2D eigenvalue weighted by Gasteiger charge is -2.33. The van der Waals surface area contributed by atoms with Crippen molar-refractivity contribution in [2.75, 3.05) is 19.6 Å². The van der Waals surface area contributed by atoms with Crippen molar-refractivity contribution in [3.8, 4) is 0 Å². The van der Waals surface area contributed by atoms with Gasteiger partial charge in [-0.1, -0.05) is 6.42 Å². The summed E-state index contributed by atoms with van der Waals surface area (Å²) in [6.07, 6.45) is 6.57. The normalized spacial score (nSPS) is 19.8. The number of carbonyl (C=O) groups is 1. The van der Waals surface area contributed by atoms with E-state index in [0.29, 0.717) is 19.1 Å². The molecule has 2 heterocycles. The van der Waals surface area contributed by atoms with E-state index in [1.54, 1.807) is 6.26 Å². The van der Waals surface area contributed by atoms with Gasteiger partial charge in [0.15, 0.2) is 0 Å². The summed E-state index contributed by atoms with van der Waals surface area (Å²) in [5.74, 6) is 0.766. The number of urea groups is 1. The summed E-state index contributed by atoms with van der Waals surface area (Å²) in [6.45, 7) is 5.71. The van der Waals surface area contributed by atoms with E-state index in [2.05, 4.69) is 22.5 Å². The van der Waals surface area contributed by atoms with Crippen molar-refractivity contribution in [3.05, 3.63) is 24.2 Å². The molecule has 0 aromatic carbocycles. The number of nitrogens with one attached hydrogen (secondary N) is 2. The molecule has 20 heavy (non-hydrogen) atoms. The highest BCUT2D eigenvalue weighted by atomic mass is 16.3. The summed E-state index contributed by atoms with van der Waals surface area (Å²) in [5.41, 5.74) is 0. The number of likely N-dealkylation sites (tertiary alicyclic amines) is 1. The quantitative estimate of drug-likeness (QED) is 0.786. The fraction of sp³-hybridized carbons (Fsp3) is 0.667. The lowest BCUT2D eigenvalue weighted by molar-refractivity contribution is 0.159. The molecule has 0 saturated carbocycles. The van der Waals surface area contributed by atoms with Crippen LogP contribution in [-0.4, -0.2) is 36.6 Å². The predicted molar refractivity (Wildman–Crippen MR) is 78.4 cm³/mol. The van der Waals surface area contributed by atoms with Crippen LogP contribution in [0, 0.1) is 0 Å². The lowest BCUT2D eigenvalue weighted by atomic mass is 10.0. The third kappa shape index (κ3) is 4.89. The van der Waals surface area contributed by atoms with E-state index in [-0.39, 0.29) is 6.03 Å². The minimum absolute atomic E-state index is 0.131. The van der Waals surface area contributed by atoms with E-state index in [4.69, 9.17) is 4.42 Å². The van der Waals surface area contributed by atoms with Crippen LogP contribution in [0.25, 0.3) is 0 Å². The van der Waals surface area contributed by atoms with E-state index in [1.165, 1.54) is 25.8 Å². The molecule has 1 aliphatic heterocycles. The maximum atomic E-state index is 11.6. The molecular weight excluding hydrogens is 254 g/mol. The Morgan fingerprint density at radius 1 is 1.45 bits per heavy atom. The monoisotopic (exact) mass is 279 g/mol. The van der Waals surface area contributed by atoms with E-state index < -0.39 is 0 Å². The number of carbonyl (C=O) groups excluding carboxylic acids is 1. The van der Waals surface area contributed by atoms with Crippen molar-refractivity contribution in [2.45, 2.75) is 45.2 Å². The largest absolute Gasteiger partial charge is 0.467 e. The molecular formula is C15H25N3O2. The number of piperidine rings is 1. The van der Waals surface area contributed by atoms with Gasteiger partial charge in [-0.15, -0.1) is 0 Å². The van der Waals surface area contributed by atoms with Crippen molar-refractivity contribution in [3.63, 3.8) is 0 Å². The smallest absolute Gasteiger partial charge is 0.315 e. The van der Waals surface area contributed by atoms with E-state index in [1.807, 2.05) is 12.1 Å². The van der Waals surface area contributed by atoms with Gasteiger partial charge in [0.05, 0.1) is 12.8 Å². The molecule has 5 heteroatoms. The van der Waals surface area contributed by atoms with Crippen LogP contribution in [0.3, 0.4) is 0 Å². The highest BCUT2D eigenvalue weighted by Crippen LogP contribution is 2.15. The van der Waals surface area contributed by atoms with E-state index in [0.717, 1.165) is 18.7 Å². The van der Waals surface area contributed by atoms with Crippen molar-refractivity contribution in [1.29, 1.82) is 0 Å². The number of hydrogen-bond acceptors (Lipinski definition) is 3. The molecule has 5 nitrogen and oxygen atoms in total. The van der Waals surface area contributed by atoms with Gasteiger partial charge < -0.3 is 20.0 Å². The molecule has 1 fully saturated rings. The van der Waals surface area contributed by atoms with Crippen LogP contribution < -0.4 is 10.6 Å². The van der Waals surface area contributed by atoms with Gasteiger partial charge in [0.25, 0.3) is 0 Å². The first-order valence-corrected chi connectivity index (χ1v) is 7.54. The van der Waals surface area contributed by atoms with Gasteiger partial charge in [-0.3, -0.25) is 0 Å². The minimum atomic E-state index is -0.131. The Kier molecular flexibility index (Phi) is 5.92. The first kappa shape index (κ1) is 14.9. The van der Waals surface area contributed by atoms with Crippen molar-refractivity contribution in [1.82, 2.24) is 15.5 Å². The number of nitrogens with zero attached hydrogens (tertiary/aromatic N) is 1. The molecule has 1 unspecified atom stereocenters. The molecule has 2 rings (SSSR count). The number of rotatable bonds is 6. The van der Waals surface area contributed by atoms with Gasteiger partial charge in [-0.05, 0) is 44.9 Å². The SMILES string of the molecule is CC1CCCCN1CCCNC(=O)NCc1ccco1. The Bertz CT molecular complexity index is 392. The van der Waals surface area contributed by atoms with Gasteiger partial charge >= 0.3 is 6.03 Å². The molecule has 1 aromatic heterocycles. The molecule has 0 radical (unpaired) electrons. The number of amides is 2. The van der Waals surface area contributed by atoms with Crippen LogP contribution in [0.15, 0.2) is 22.8 Å². The zero-order valence-corrected chi connectivity index (χ0v) is 12.2. The molecule has 112 valence electrons. The van der Waals surface area contributed by atoms with Crippen LogP contribution in [0.1, 0.15) is 38.4 Å². The zero-order valence-electron chi connectivity index (χ0n) is 12.2. The maximum Gasteiger partial charge on any atom is 0.315 e. The van der Waals surface area contributed by atoms with Crippen LogP contribution in [0.5, 0.6) is 0 Å². The number of furan rings is 1. The Labute approximate surface area is 120 Å². The molecule has 1 atom stereocenters. The molecule has 0 spiro atoms. The summed E-state index contributed by atoms with van der Waals surface area (Å²) in [7, 11) is 0. The third-order valence-electron chi connectivity index (χ3n) is 3.85. The summed E-state index contributed by atoms with van der Waals surface area (Å²) >= 11 is 0. The highest BCUT2D eigenvalue weighted by Gasteiger charge is 2.17. The lowest BCUT2D eigenvalue weighted by Crippen LogP contribution is -2.40. The van der Waals surface area contributed by atoms with Gasteiger partial charge in [0, 0.05) is 19.1 Å². The van der Waals surface area contributed by atoms with Crippen molar-refractivity contribution in [2.24, 2.45) is 0 Å². The molecule has 2 amide bonds. The Balaban J connectivity index is 1.53. The molecule has 1 aromatic rings. The van der Waals surface area contributed by atoms with Gasteiger partial charge in [-0.2, -0.15) is 0 Å². The molecule has 1 saturated heterocycles. The zero-order chi connectivity index (χ0) is 14.2. The molecule has 2 N–H and O–H groups in total. The first-order chi connectivity index (χ1) is 9.75. The van der Waals surface area contributed by atoms with Crippen molar-refractivity contribution < 1.29 is 9.21 Å². The van der Waals surface area contributed by atoms with Crippen molar-refractivity contribution >= 4 is 6.03 Å². The van der Waals surface area contributed by atoms with E-state index in [9.17, 15) is 4.79 Å². The second-order valence-electron chi connectivity index (χ2n) is 5.42. The van der Waals surface area contributed by atoms with Crippen LogP contribution >= 0.6 is 0 Å². The van der Waals surface area contributed by atoms with Gasteiger partial charge in [-0.25, -0.2) is 4.79 Å². The van der Waals surface area contributed by atoms with Gasteiger partial charge in [0.1, 0.15) is 5.76 Å². The van der Waals surface area contributed by atoms with Gasteiger partial charge in [0.2, 0.25) is 0 Å². The van der Waals surface area contributed by atoms with Crippen LogP contribution in [-0.2, 0) is 6.54 Å². The summed E-state index contributed by atoms with van der Waals surface area (Å²) in [5, 5.41) is 5.66. The number of hydrogen-bond donors (Lipinski definition) is 2. The topological polar surface area (TPSA) is 57.5 Å². The van der Waals surface area contributed by atoms with Crippen LogP contribution in [0.2, 0.25) is 0 Å². The van der Waals surface area contributed by atoms with E-state index >= 15 is 0 Å². The molecule has 0 bridgehead atoms. The molecule has 0 aliphatic carbocycles. The Hall–Kier alpha value is -1.49. The second kappa shape index (κ2) is 7.94. The average molecular weight is 279 g/mol. The minimum Gasteiger partial charge on any atom is -0.467 e. The summed E-state index contributed by atoms with van der Waals surface area (Å²) in [4.78, 5) is 14.1. The second-order valence-corrected chi connectivity index (χ2v) is 5.42. The maximum absolute atomic E-state index is 11.6. The summed E-state index contributed by atoms with van der Waals surface area (Å²) in [6, 6.07) is 4.22. The summed E-state index contributed by atoms with van der Waals surface area (Å²) < 4.78 is 5.15. The standard InChI is InChI=1S/C15H25N3O2/c1-13-6-2-3-9-18(13)10-5-8-16-15(19)17-12-14-7-4-11-20-14/h4,7,11,13H,2-3,5-6,8-10,12H2,1H3,(H2,16,17,19). The van der Waals surface area contributed by atoms with Crippen LogP contribution in [0.4, 0.5) is 4.79 Å². The predicted octanol–water partition coefficient (Wildman–Crippen LogP) is 2.34. The third-order valence-corrected chi connectivity index (χ3v) is 3.85. The first-order valence-electron chi connectivity index (χ1n) is 7.54. The molecule has 1 aliphatic rings.